The van der Waals surface area contributed by atoms with Gasteiger partial charge in [-0.25, -0.2) is 0 Å². The molecule has 1 amide bonds. The lowest BCUT2D eigenvalue weighted by molar-refractivity contribution is -0.143. The maximum atomic E-state index is 12.5. The van der Waals surface area contributed by atoms with Gasteiger partial charge >= 0.3 is 5.97 Å². The number of carbonyl (C=O) groups excluding carboxylic acids is 2. The molecule has 0 spiro atoms. The Morgan fingerprint density at radius 2 is 0.644 bits per heavy atom. The van der Waals surface area contributed by atoms with Gasteiger partial charge < -0.3 is 20.3 Å². The van der Waals surface area contributed by atoms with Crippen molar-refractivity contribution in [1.29, 1.82) is 0 Å². The third kappa shape index (κ3) is 59.4. The van der Waals surface area contributed by atoms with E-state index in [0.717, 1.165) is 44.9 Å². The molecule has 0 rings (SSSR count). The van der Waals surface area contributed by atoms with Crippen molar-refractivity contribution in [2.24, 2.45) is 0 Å². The Labute approximate surface area is 456 Å². The summed E-state index contributed by atoms with van der Waals surface area (Å²) in [6.07, 6.45) is 78.0. The molecule has 0 saturated carbocycles. The molecule has 0 aromatic rings. The number of nitrogens with one attached hydrogen (secondary N) is 1. The fourth-order valence-corrected chi connectivity index (χ4v) is 10.4. The molecule has 2 atom stereocenters. The van der Waals surface area contributed by atoms with Crippen LogP contribution in [-0.4, -0.2) is 47.4 Å². The number of carbonyl (C=O) groups is 2. The molecule has 0 saturated heterocycles. The number of amides is 1. The summed E-state index contributed by atoms with van der Waals surface area (Å²) in [6, 6.07) is -0.537. The summed E-state index contributed by atoms with van der Waals surface area (Å²) in [7, 11) is 0. The summed E-state index contributed by atoms with van der Waals surface area (Å²) in [6.45, 7) is 4.94. The van der Waals surface area contributed by atoms with Crippen LogP contribution in [0.15, 0.2) is 24.3 Å². The van der Waals surface area contributed by atoms with Crippen LogP contribution in [0, 0.1) is 0 Å². The highest BCUT2D eigenvalue weighted by Gasteiger charge is 2.20. The molecule has 0 heterocycles. The van der Waals surface area contributed by atoms with Crippen molar-refractivity contribution in [3.8, 4) is 0 Å². The Morgan fingerprint density at radius 3 is 1.00 bits per heavy atom. The molecule has 0 aliphatic carbocycles. The van der Waals surface area contributed by atoms with E-state index in [-0.39, 0.29) is 18.5 Å². The number of hydrogen-bond acceptors (Lipinski definition) is 5. The van der Waals surface area contributed by atoms with Gasteiger partial charge in [0.2, 0.25) is 5.91 Å². The first kappa shape index (κ1) is 71.3. The van der Waals surface area contributed by atoms with Crippen molar-refractivity contribution < 1.29 is 24.5 Å². The van der Waals surface area contributed by atoms with Crippen LogP contribution in [0.2, 0.25) is 0 Å². The first-order valence-electron chi connectivity index (χ1n) is 33.1. The predicted octanol–water partition coefficient (Wildman–Crippen LogP) is 21.0. The summed E-state index contributed by atoms with van der Waals surface area (Å²) in [5, 5.41) is 23.2. The van der Waals surface area contributed by atoms with Crippen LogP contribution in [-0.2, 0) is 14.3 Å². The van der Waals surface area contributed by atoms with Crippen molar-refractivity contribution in [3.63, 3.8) is 0 Å². The van der Waals surface area contributed by atoms with E-state index in [1.807, 2.05) is 0 Å². The van der Waals surface area contributed by atoms with Gasteiger partial charge in [0.05, 0.1) is 25.4 Å². The minimum atomic E-state index is -0.660. The second-order valence-electron chi connectivity index (χ2n) is 22.8. The normalized spacial score (nSPS) is 12.7. The highest BCUT2D eigenvalue weighted by Crippen LogP contribution is 2.18. The van der Waals surface area contributed by atoms with Gasteiger partial charge in [0, 0.05) is 12.8 Å². The van der Waals surface area contributed by atoms with Crippen LogP contribution in [0.5, 0.6) is 0 Å². The Balaban J connectivity index is 3.33. The lowest BCUT2D eigenvalue weighted by Gasteiger charge is -2.22. The van der Waals surface area contributed by atoms with Crippen molar-refractivity contribution >= 4 is 11.9 Å². The molecular formula is C67H129NO5. The fourth-order valence-electron chi connectivity index (χ4n) is 10.4. The zero-order valence-electron chi connectivity index (χ0n) is 49.4. The highest BCUT2D eigenvalue weighted by molar-refractivity contribution is 5.76. The van der Waals surface area contributed by atoms with Gasteiger partial charge in [0.1, 0.15) is 0 Å². The second kappa shape index (κ2) is 62.9. The van der Waals surface area contributed by atoms with E-state index >= 15 is 0 Å². The molecule has 2 unspecified atom stereocenters. The van der Waals surface area contributed by atoms with Crippen LogP contribution in [0.1, 0.15) is 367 Å². The summed E-state index contributed by atoms with van der Waals surface area (Å²) >= 11 is 0. The molecule has 0 fully saturated rings. The average molecular weight is 1030 g/mol. The molecule has 0 radical (unpaired) electrons. The van der Waals surface area contributed by atoms with Crippen LogP contribution >= 0.6 is 0 Å². The molecular weight excluding hydrogens is 899 g/mol. The lowest BCUT2D eigenvalue weighted by atomic mass is 10.0. The molecule has 0 aliphatic heterocycles. The number of unbranched alkanes of at least 4 members (excludes halogenated alkanes) is 47. The van der Waals surface area contributed by atoms with Gasteiger partial charge in [0.25, 0.3) is 0 Å². The molecule has 6 heteroatoms. The van der Waals surface area contributed by atoms with E-state index in [1.165, 1.54) is 289 Å². The summed E-state index contributed by atoms with van der Waals surface area (Å²) in [5.74, 6) is -0.0226. The minimum absolute atomic E-state index is 0.00877. The van der Waals surface area contributed by atoms with Crippen molar-refractivity contribution in [2.45, 2.75) is 379 Å². The molecule has 0 aliphatic rings. The van der Waals surface area contributed by atoms with E-state index in [0.29, 0.717) is 25.9 Å². The maximum absolute atomic E-state index is 12.5. The number of aliphatic hydroxyl groups excluding tert-OH is 2. The van der Waals surface area contributed by atoms with Crippen LogP contribution < -0.4 is 5.32 Å². The first-order chi connectivity index (χ1) is 36.0. The summed E-state index contributed by atoms with van der Waals surface area (Å²) in [5.41, 5.74) is 0. The number of hydrogen-bond donors (Lipinski definition) is 3. The van der Waals surface area contributed by atoms with Crippen LogP contribution in [0.25, 0.3) is 0 Å². The van der Waals surface area contributed by atoms with Crippen LogP contribution in [0.4, 0.5) is 0 Å². The maximum Gasteiger partial charge on any atom is 0.305 e. The smallest absolute Gasteiger partial charge is 0.305 e. The van der Waals surface area contributed by atoms with E-state index in [2.05, 4.69) is 43.5 Å². The lowest BCUT2D eigenvalue weighted by Crippen LogP contribution is -2.45. The molecule has 3 N–H and O–H groups in total. The third-order valence-electron chi connectivity index (χ3n) is 15.5. The number of allylic oxidation sites excluding steroid dienone is 4. The topological polar surface area (TPSA) is 95.9 Å². The summed E-state index contributed by atoms with van der Waals surface area (Å²) in [4.78, 5) is 24.5. The quantitative estimate of drug-likeness (QED) is 0.0320. The van der Waals surface area contributed by atoms with Gasteiger partial charge in [-0.1, -0.05) is 301 Å². The average Bonchev–Trinajstić information content (AvgIpc) is 3.39. The molecule has 0 aromatic carbocycles. The number of aliphatic hydroxyl groups is 2. The van der Waals surface area contributed by atoms with Crippen molar-refractivity contribution in [2.75, 3.05) is 13.2 Å². The van der Waals surface area contributed by atoms with Gasteiger partial charge in [0.15, 0.2) is 0 Å². The SMILES string of the molecule is CCCCC/C=C\CCCCCCCC(=O)OCCCCCCCCCCCCCC/C=C\CCCCCCCCCCCCCCCCCCCC(=O)NC(CO)C(O)CCCCCCCCCCCCC. The minimum Gasteiger partial charge on any atom is -0.466 e. The molecule has 432 valence electrons. The zero-order valence-corrected chi connectivity index (χ0v) is 49.4. The highest BCUT2D eigenvalue weighted by atomic mass is 16.5. The van der Waals surface area contributed by atoms with Crippen molar-refractivity contribution in [1.82, 2.24) is 5.32 Å². The van der Waals surface area contributed by atoms with E-state index < -0.39 is 12.1 Å². The Bertz CT molecular complexity index is 1140. The number of esters is 1. The third-order valence-corrected chi connectivity index (χ3v) is 15.5. The van der Waals surface area contributed by atoms with Gasteiger partial charge in [-0.05, 0) is 77.0 Å². The predicted molar refractivity (Wildman–Crippen MR) is 320 cm³/mol. The number of ether oxygens (including phenoxy) is 1. The van der Waals surface area contributed by atoms with Gasteiger partial charge in [-0.2, -0.15) is 0 Å². The van der Waals surface area contributed by atoms with Gasteiger partial charge in [-0.15, -0.1) is 0 Å². The van der Waals surface area contributed by atoms with E-state index in [9.17, 15) is 19.8 Å². The van der Waals surface area contributed by atoms with Gasteiger partial charge in [-0.3, -0.25) is 9.59 Å². The molecule has 6 nitrogen and oxygen atoms in total. The Kier molecular flexibility index (Phi) is 61.4. The van der Waals surface area contributed by atoms with Crippen LogP contribution in [0.3, 0.4) is 0 Å². The standard InChI is InChI=1S/C67H129NO5/c1-3-5-7-9-11-13-15-41-45-49-53-57-61-67(72)73-62-58-54-50-46-42-38-36-34-32-30-28-26-24-22-20-18-16-17-19-21-23-25-27-29-31-33-35-37-40-44-48-52-56-60-66(71)68-64(63-69)65(70)59-55-51-47-43-39-14-12-10-8-6-4-2/h11,13,20,22,64-65,69-70H,3-10,12,14-19,21,23-63H2,1-2H3,(H,68,71)/b13-11-,22-20-. The second-order valence-corrected chi connectivity index (χ2v) is 22.8. The Morgan fingerprint density at radius 1 is 0.370 bits per heavy atom. The largest absolute Gasteiger partial charge is 0.466 e. The van der Waals surface area contributed by atoms with E-state index in [4.69, 9.17) is 4.74 Å². The summed E-state index contributed by atoms with van der Waals surface area (Å²) < 4.78 is 5.47. The van der Waals surface area contributed by atoms with E-state index in [1.54, 1.807) is 0 Å². The Hall–Kier alpha value is -1.66. The molecule has 73 heavy (non-hydrogen) atoms. The molecule has 0 bridgehead atoms. The number of rotatable bonds is 62. The fraction of sp³-hybridized carbons (Fsp3) is 0.910. The molecule has 0 aromatic heterocycles. The zero-order chi connectivity index (χ0) is 52.9. The monoisotopic (exact) mass is 1030 g/mol. The van der Waals surface area contributed by atoms with Crippen molar-refractivity contribution in [3.05, 3.63) is 24.3 Å². The first-order valence-corrected chi connectivity index (χ1v) is 33.1.